The average Bonchev–Trinajstić information content (AvgIpc) is 2.28. The summed E-state index contributed by atoms with van der Waals surface area (Å²) in [7, 11) is -4.52. The van der Waals surface area contributed by atoms with Gasteiger partial charge in [-0.25, -0.2) is 8.42 Å². The second kappa shape index (κ2) is 7.12. The van der Waals surface area contributed by atoms with Crippen LogP contribution in [0.25, 0.3) is 0 Å². The van der Waals surface area contributed by atoms with Crippen molar-refractivity contribution in [2.45, 2.75) is 0 Å². The molecular weight excluding hydrogens is 303 g/mol. The molecule has 0 saturated carbocycles. The number of rotatable bonds is 3. The van der Waals surface area contributed by atoms with Gasteiger partial charge in [0, 0.05) is 18.8 Å². The molecule has 1 heterocycles. The van der Waals surface area contributed by atoms with Gasteiger partial charge in [-0.3, -0.25) is 4.72 Å². The smallest absolute Gasteiger partial charge is 0.731 e. The molecule has 0 aromatic heterocycles. The van der Waals surface area contributed by atoms with Crippen molar-refractivity contribution in [3.05, 3.63) is 23.2 Å². The van der Waals surface area contributed by atoms with E-state index in [0.29, 0.717) is 18.2 Å². The molecule has 1 aliphatic heterocycles. The predicted molar refractivity (Wildman–Crippen MR) is 67.8 cm³/mol. The first-order valence-corrected chi connectivity index (χ1v) is 7.10. The molecular formula is C10H12ClN2NaO4S. The molecule has 6 nitrogen and oxygen atoms in total. The first-order valence-electron chi connectivity index (χ1n) is 5.31. The van der Waals surface area contributed by atoms with Crippen molar-refractivity contribution in [1.29, 1.82) is 0 Å². The Labute approximate surface area is 139 Å². The summed E-state index contributed by atoms with van der Waals surface area (Å²) in [6, 6.07) is 4.61. The molecule has 0 bridgehead atoms. The standard InChI is InChI=1S/C10H13ClN2O4S.Na/c11-9-7-8(12-18(14,15)16)1-2-10(9)13-3-5-17-6-4-13;/h1-2,7,12H,3-6H2,(H,14,15,16);/q;+1/p-1. The summed E-state index contributed by atoms with van der Waals surface area (Å²) in [5.74, 6) is 0. The number of anilines is 2. The van der Waals surface area contributed by atoms with Crippen molar-refractivity contribution < 1.29 is 47.3 Å². The molecule has 1 saturated heterocycles. The van der Waals surface area contributed by atoms with E-state index in [0.717, 1.165) is 18.8 Å². The third kappa shape index (κ3) is 5.11. The van der Waals surface area contributed by atoms with Gasteiger partial charge in [0.05, 0.1) is 23.9 Å². The van der Waals surface area contributed by atoms with Crippen molar-refractivity contribution in [3.8, 4) is 0 Å². The fourth-order valence-electron chi connectivity index (χ4n) is 1.78. The van der Waals surface area contributed by atoms with Crippen LogP contribution in [-0.4, -0.2) is 39.3 Å². The topological polar surface area (TPSA) is 81.7 Å². The molecule has 0 radical (unpaired) electrons. The van der Waals surface area contributed by atoms with Crippen LogP contribution in [0.4, 0.5) is 11.4 Å². The summed E-state index contributed by atoms with van der Waals surface area (Å²) in [5, 5.41) is 0.394. The van der Waals surface area contributed by atoms with Gasteiger partial charge in [0.15, 0.2) is 10.3 Å². The van der Waals surface area contributed by atoms with Gasteiger partial charge >= 0.3 is 29.6 Å². The summed E-state index contributed by atoms with van der Waals surface area (Å²) in [5.41, 5.74) is 0.959. The average molecular weight is 315 g/mol. The van der Waals surface area contributed by atoms with E-state index in [2.05, 4.69) is 0 Å². The number of morpholine rings is 1. The molecule has 2 rings (SSSR count). The maximum absolute atomic E-state index is 10.6. The van der Waals surface area contributed by atoms with Crippen molar-refractivity contribution >= 4 is 33.3 Å². The van der Waals surface area contributed by atoms with Crippen LogP contribution in [0.2, 0.25) is 5.02 Å². The molecule has 0 atom stereocenters. The van der Waals surface area contributed by atoms with Gasteiger partial charge in [-0.15, -0.1) is 0 Å². The van der Waals surface area contributed by atoms with E-state index in [-0.39, 0.29) is 35.2 Å². The van der Waals surface area contributed by atoms with Gasteiger partial charge in [-0.05, 0) is 18.2 Å². The van der Waals surface area contributed by atoms with Crippen LogP contribution >= 0.6 is 11.6 Å². The zero-order chi connectivity index (χ0) is 13.2. The Morgan fingerprint density at radius 3 is 2.47 bits per heavy atom. The third-order valence-electron chi connectivity index (χ3n) is 2.54. The number of nitrogens with zero attached hydrogens (tertiary/aromatic N) is 1. The quantitative estimate of drug-likeness (QED) is 0.518. The maximum atomic E-state index is 10.6. The molecule has 0 amide bonds. The Balaban J connectivity index is 0.00000180. The van der Waals surface area contributed by atoms with Crippen LogP contribution in [0.5, 0.6) is 0 Å². The molecule has 0 unspecified atom stereocenters. The summed E-state index contributed by atoms with van der Waals surface area (Å²) >= 11 is 6.07. The fourth-order valence-corrected chi connectivity index (χ4v) is 2.49. The van der Waals surface area contributed by atoms with Crippen molar-refractivity contribution in [2.24, 2.45) is 0 Å². The van der Waals surface area contributed by atoms with Crippen LogP contribution in [0.15, 0.2) is 18.2 Å². The second-order valence-electron chi connectivity index (χ2n) is 3.82. The first-order chi connectivity index (χ1) is 8.46. The Kier molecular flexibility index (Phi) is 6.38. The van der Waals surface area contributed by atoms with Gasteiger partial charge in [0.2, 0.25) is 0 Å². The predicted octanol–water partition coefficient (Wildman–Crippen LogP) is -1.95. The number of ether oxygens (including phenoxy) is 1. The Bertz CT molecular complexity index is 534. The van der Waals surface area contributed by atoms with Crippen LogP contribution < -0.4 is 39.2 Å². The second-order valence-corrected chi connectivity index (χ2v) is 5.34. The van der Waals surface area contributed by atoms with Crippen LogP contribution in [0, 0.1) is 0 Å². The van der Waals surface area contributed by atoms with E-state index in [4.69, 9.17) is 16.3 Å². The van der Waals surface area contributed by atoms with E-state index in [1.807, 2.05) is 9.62 Å². The molecule has 0 aliphatic carbocycles. The summed E-state index contributed by atoms with van der Waals surface area (Å²) in [6.07, 6.45) is 0. The molecule has 1 aromatic carbocycles. The number of benzene rings is 1. The summed E-state index contributed by atoms with van der Waals surface area (Å²) in [4.78, 5) is 2.04. The zero-order valence-electron chi connectivity index (χ0n) is 10.4. The third-order valence-corrected chi connectivity index (χ3v) is 3.33. The van der Waals surface area contributed by atoms with E-state index < -0.39 is 10.3 Å². The van der Waals surface area contributed by atoms with Gasteiger partial charge in [0.1, 0.15) is 0 Å². The first kappa shape index (κ1) is 17.0. The SMILES string of the molecule is O=S(=O)([O-])Nc1ccc(N2CCOCC2)c(Cl)c1.[Na+]. The monoisotopic (exact) mass is 314 g/mol. The van der Waals surface area contributed by atoms with Gasteiger partial charge in [-0.1, -0.05) is 11.6 Å². The summed E-state index contributed by atoms with van der Waals surface area (Å²) < 4.78 is 38.8. The van der Waals surface area contributed by atoms with Crippen molar-refractivity contribution in [1.82, 2.24) is 0 Å². The van der Waals surface area contributed by atoms with Gasteiger partial charge in [0.25, 0.3) is 0 Å². The van der Waals surface area contributed by atoms with E-state index in [1.165, 1.54) is 12.1 Å². The molecule has 1 aliphatic rings. The van der Waals surface area contributed by atoms with Crippen LogP contribution in [0.1, 0.15) is 0 Å². The minimum atomic E-state index is -4.52. The largest absolute Gasteiger partial charge is 1.00 e. The molecule has 1 N–H and O–H groups in total. The Morgan fingerprint density at radius 2 is 1.95 bits per heavy atom. The zero-order valence-corrected chi connectivity index (χ0v) is 14.0. The number of nitrogens with one attached hydrogen (secondary N) is 1. The van der Waals surface area contributed by atoms with Gasteiger partial charge < -0.3 is 14.2 Å². The van der Waals surface area contributed by atoms with E-state index >= 15 is 0 Å². The summed E-state index contributed by atoms with van der Waals surface area (Å²) in [6.45, 7) is 2.72. The van der Waals surface area contributed by atoms with Gasteiger partial charge in [-0.2, -0.15) is 0 Å². The number of hydrogen-bond donors (Lipinski definition) is 1. The van der Waals surface area contributed by atoms with E-state index in [9.17, 15) is 13.0 Å². The van der Waals surface area contributed by atoms with Crippen molar-refractivity contribution in [3.63, 3.8) is 0 Å². The Morgan fingerprint density at radius 1 is 1.32 bits per heavy atom. The van der Waals surface area contributed by atoms with Crippen LogP contribution in [0.3, 0.4) is 0 Å². The normalized spacial score (nSPS) is 15.8. The van der Waals surface area contributed by atoms with Crippen LogP contribution in [-0.2, 0) is 15.0 Å². The molecule has 9 heteroatoms. The number of halogens is 1. The fraction of sp³-hybridized carbons (Fsp3) is 0.400. The minimum Gasteiger partial charge on any atom is -0.731 e. The van der Waals surface area contributed by atoms with Crippen molar-refractivity contribution in [2.75, 3.05) is 35.9 Å². The molecule has 1 fully saturated rings. The molecule has 0 spiro atoms. The minimum absolute atomic E-state index is 0. The molecule has 19 heavy (non-hydrogen) atoms. The number of hydrogen-bond acceptors (Lipinski definition) is 5. The maximum Gasteiger partial charge on any atom is 1.00 e. The van der Waals surface area contributed by atoms with E-state index in [1.54, 1.807) is 6.07 Å². The Hall–Kier alpha value is -0.0200. The molecule has 100 valence electrons. The molecule has 1 aromatic rings.